The predicted octanol–water partition coefficient (Wildman–Crippen LogP) is 3.17. The highest BCUT2D eigenvalue weighted by molar-refractivity contribution is 5.40. The summed E-state index contributed by atoms with van der Waals surface area (Å²) in [5, 5.41) is 3.46. The lowest BCUT2D eigenvalue weighted by Gasteiger charge is -2.28. The molecule has 0 aliphatic heterocycles. The molecule has 0 amide bonds. The minimum atomic E-state index is 0.764. The van der Waals surface area contributed by atoms with Crippen LogP contribution in [0.2, 0.25) is 0 Å². The average Bonchev–Trinajstić information content (AvgIpc) is 2.46. The second-order valence-corrected chi connectivity index (χ2v) is 5.81. The van der Waals surface area contributed by atoms with Crippen LogP contribution in [0.3, 0.4) is 0 Å². The van der Waals surface area contributed by atoms with Gasteiger partial charge >= 0.3 is 0 Å². The topological polar surface area (TPSA) is 41.1 Å². The highest BCUT2D eigenvalue weighted by Gasteiger charge is 2.19. The van der Waals surface area contributed by atoms with Gasteiger partial charge in [0, 0.05) is 26.8 Å². The smallest absolute Gasteiger partial charge is 0.226 e. The van der Waals surface area contributed by atoms with Crippen LogP contribution in [0.5, 0.6) is 0 Å². The Morgan fingerprint density at radius 3 is 2.53 bits per heavy atom. The molecule has 1 fully saturated rings. The number of anilines is 2. The Bertz CT molecular complexity index is 383. The van der Waals surface area contributed by atoms with Gasteiger partial charge in [0.15, 0.2) is 0 Å². The lowest BCUT2D eigenvalue weighted by Crippen LogP contribution is -2.21. The van der Waals surface area contributed by atoms with Crippen LogP contribution < -0.4 is 10.2 Å². The standard InChI is InChI=1S/C15H26N4/c1-4-12-5-7-13(8-6-12)11-17-14-9-10-16-15(18-14)19(2)3/h9-10,12-13H,4-8,11H2,1-3H3,(H,16,17,18). The lowest BCUT2D eigenvalue weighted by molar-refractivity contribution is 0.278. The van der Waals surface area contributed by atoms with Crippen LogP contribution in [0, 0.1) is 11.8 Å². The summed E-state index contributed by atoms with van der Waals surface area (Å²) in [5.74, 6) is 3.48. The van der Waals surface area contributed by atoms with Crippen molar-refractivity contribution in [1.29, 1.82) is 0 Å². The highest BCUT2D eigenvalue weighted by Crippen LogP contribution is 2.30. The average molecular weight is 262 g/mol. The van der Waals surface area contributed by atoms with Crippen molar-refractivity contribution < 1.29 is 0 Å². The Morgan fingerprint density at radius 1 is 1.21 bits per heavy atom. The van der Waals surface area contributed by atoms with Gasteiger partial charge in [-0.2, -0.15) is 4.98 Å². The molecule has 1 saturated carbocycles. The summed E-state index contributed by atoms with van der Waals surface area (Å²) in [5.41, 5.74) is 0. The first kappa shape index (κ1) is 14.1. The van der Waals surface area contributed by atoms with Crippen LogP contribution in [-0.4, -0.2) is 30.6 Å². The zero-order valence-corrected chi connectivity index (χ0v) is 12.4. The first-order valence-electron chi connectivity index (χ1n) is 7.43. The Hall–Kier alpha value is -1.32. The molecule has 0 atom stereocenters. The third kappa shape index (κ3) is 4.08. The number of nitrogens with zero attached hydrogens (tertiary/aromatic N) is 3. The monoisotopic (exact) mass is 262 g/mol. The molecule has 0 aromatic carbocycles. The molecule has 0 spiro atoms. The molecule has 2 rings (SSSR count). The number of hydrogen-bond donors (Lipinski definition) is 1. The van der Waals surface area contributed by atoms with Crippen molar-refractivity contribution in [1.82, 2.24) is 9.97 Å². The van der Waals surface area contributed by atoms with Crippen molar-refractivity contribution >= 4 is 11.8 Å². The quantitative estimate of drug-likeness (QED) is 0.885. The van der Waals surface area contributed by atoms with E-state index < -0.39 is 0 Å². The van der Waals surface area contributed by atoms with E-state index in [4.69, 9.17) is 0 Å². The molecule has 0 radical (unpaired) electrons. The van der Waals surface area contributed by atoms with Crippen LogP contribution in [0.25, 0.3) is 0 Å². The van der Waals surface area contributed by atoms with Crippen LogP contribution in [0.4, 0.5) is 11.8 Å². The van der Waals surface area contributed by atoms with Gasteiger partial charge in [-0.25, -0.2) is 4.98 Å². The van der Waals surface area contributed by atoms with E-state index >= 15 is 0 Å². The second kappa shape index (κ2) is 6.73. The zero-order valence-electron chi connectivity index (χ0n) is 12.4. The predicted molar refractivity (Wildman–Crippen MR) is 80.6 cm³/mol. The SMILES string of the molecule is CCC1CCC(CNc2ccnc(N(C)C)n2)CC1. The molecule has 4 heteroatoms. The van der Waals surface area contributed by atoms with E-state index in [1.165, 1.54) is 32.1 Å². The first-order chi connectivity index (χ1) is 9.19. The zero-order chi connectivity index (χ0) is 13.7. The largest absolute Gasteiger partial charge is 0.370 e. The molecule has 1 aliphatic carbocycles. The summed E-state index contributed by atoms with van der Waals surface area (Å²) in [6, 6.07) is 1.95. The Labute approximate surface area is 116 Å². The van der Waals surface area contributed by atoms with E-state index in [0.29, 0.717) is 0 Å². The fourth-order valence-corrected chi connectivity index (χ4v) is 2.76. The van der Waals surface area contributed by atoms with Gasteiger partial charge in [-0.05, 0) is 30.7 Å². The molecule has 1 aromatic rings. The van der Waals surface area contributed by atoms with Gasteiger partial charge in [0.05, 0.1) is 0 Å². The Kier molecular flexibility index (Phi) is 5.00. The number of rotatable bonds is 5. The fraction of sp³-hybridized carbons (Fsp3) is 0.733. The minimum absolute atomic E-state index is 0.764. The molecular weight excluding hydrogens is 236 g/mol. The summed E-state index contributed by atoms with van der Waals surface area (Å²) in [7, 11) is 3.93. The maximum Gasteiger partial charge on any atom is 0.226 e. The van der Waals surface area contributed by atoms with Crippen molar-refractivity contribution in [3.8, 4) is 0 Å². The van der Waals surface area contributed by atoms with Crippen LogP contribution in [0.15, 0.2) is 12.3 Å². The molecule has 1 N–H and O–H groups in total. The van der Waals surface area contributed by atoms with Gasteiger partial charge in [0.2, 0.25) is 5.95 Å². The van der Waals surface area contributed by atoms with E-state index in [2.05, 4.69) is 22.2 Å². The maximum atomic E-state index is 4.49. The number of hydrogen-bond acceptors (Lipinski definition) is 4. The summed E-state index contributed by atoms with van der Waals surface area (Å²) < 4.78 is 0. The van der Waals surface area contributed by atoms with Gasteiger partial charge in [-0.15, -0.1) is 0 Å². The Balaban J connectivity index is 1.81. The normalized spacial score (nSPS) is 23.1. The third-order valence-corrected chi connectivity index (χ3v) is 4.16. The van der Waals surface area contributed by atoms with Gasteiger partial charge in [0.25, 0.3) is 0 Å². The summed E-state index contributed by atoms with van der Waals surface area (Å²) in [6.45, 7) is 3.35. The van der Waals surface area contributed by atoms with Crippen LogP contribution in [0.1, 0.15) is 39.0 Å². The molecule has 0 unspecified atom stereocenters. The van der Waals surface area contributed by atoms with Gasteiger partial charge in [0.1, 0.15) is 5.82 Å². The maximum absolute atomic E-state index is 4.49. The van der Waals surface area contributed by atoms with Gasteiger partial charge in [-0.1, -0.05) is 26.2 Å². The van der Waals surface area contributed by atoms with Crippen molar-refractivity contribution in [3.63, 3.8) is 0 Å². The molecule has 4 nitrogen and oxygen atoms in total. The van der Waals surface area contributed by atoms with Crippen LogP contribution in [-0.2, 0) is 0 Å². The van der Waals surface area contributed by atoms with Gasteiger partial charge < -0.3 is 10.2 Å². The number of nitrogens with one attached hydrogen (secondary N) is 1. The highest BCUT2D eigenvalue weighted by atomic mass is 15.2. The summed E-state index contributed by atoms with van der Waals surface area (Å²) >= 11 is 0. The van der Waals surface area contributed by atoms with Crippen LogP contribution >= 0.6 is 0 Å². The fourth-order valence-electron chi connectivity index (χ4n) is 2.76. The molecule has 1 heterocycles. The van der Waals surface area contributed by atoms with Crippen molar-refractivity contribution in [2.24, 2.45) is 11.8 Å². The third-order valence-electron chi connectivity index (χ3n) is 4.16. The Morgan fingerprint density at radius 2 is 1.89 bits per heavy atom. The van der Waals surface area contributed by atoms with E-state index in [-0.39, 0.29) is 0 Å². The minimum Gasteiger partial charge on any atom is -0.370 e. The molecular formula is C15H26N4. The van der Waals surface area contributed by atoms with E-state index in [1.807, 2.05) is 31.3 Å². The molecule has 19 heavy (non-hydrogen) atoms. The molecule has 0 saturated heterocycles. The van der Waals surface area contributed by atoms with Crippen molar-refractivity contribution in [2.45, 2.75) is 39.0 Å². The summed E-state index contributed by atoms with van der Waals surface area (Å²) in [6.07, 6.45) is 8.68. The van der Waals surface area contributed by atoms with Crippen molar-refractivity contribution in [2.75, 3.05) is 30.9 Å². The van der Waals surface area contributed by atoms with E-state index in [1.54, 1.807) is 0 Å². The van der Waals surface area contributed by atoms with E-state index in [9.17, 15) is 0 Å². The summed E-state index contributed by atoms with van der Waals surface area (Å²) in [4.78, 5) is 10.6. The lowest BCUT2D eigenvalue weighted by atomic mass is 9.81. The molecule has 1 aliphatic rings. The van der Waals surface area contributed by atoms with E-state index in [0.717, 1.165) is 30.1 Å². The molecule has 1 aromatic heterocycles. The number of aromatic nitrogens is 2. The van der Waals surface area contributed by atoms with Gasteiger partial charge in [-0.3, -0.25) is 0 Å². The molecule has 0 bridgehead atoms. The second-order valence-electron chi connectivity index (χ2n) is 5.81. The van der Waals surface area contributed by atoms with Crippen molar-refractivity contribution in [3.05, 3.63) is 12.3 Å². The molecule has 106 valence electrons. The first-order valence-corrected chi connectivity index (χ1v) is 7.43.